The Morgan fingerprint density at radius 2 is 1.95 bits per heavy atom. The zero-order valence-corrected chi connectivity index (χ0v) is 12.6. The summed E-state index contributed by atoms with van der Waals surface area (Å²) < 4.78 is 5.14. The van der Waals surface area contributed by atoms with Crippen LogP contribution in [0.3, 0.4) is 0 Å². The number of hydrogen-bond acceptors (Lipinski definition) is 3. The first-order chi connectivity index (χ1) is 9.35. The van der Waals surface area contributed by atoms with E-state index in [9.17, 15) is 4.79 Å². The maximum atomic E-state index is 11.5. The second-order valence-electron chi connectivity index (χ2n) is 6.15. The normalized spacial score (nSPS) is 14.9. The SMILES string of the molecule is C/C(=N/NC(=O)OC(C)(C)C)c1ccc2c(c1)CCC2. The number of aryl methyl sites for hydroxylation is 2. The first-order valence-electron chi connectivity index (χ1n) is 7.00. The van der Waals surface area contributed by atoms with E-state index in [0.29, 0.717) is 0 Å². The number of nitrogens with one attached hydrogen (secondary N) is 1. The molecule has 1 aromatic rings. The molecule has 4 nitrogen and oxygen atoms in total. The van der Waals surface area contributed by atoms with Crippen LogP contribution >= 0.6 is 0 Å². The lowest BCUT2D eigenvalue weighted by molar-refractivity contribution is 0.0529. The molecular weight excluding hydrogens is 252 g/mol. The van der Waals surface area contributed by atoms with Crippen LogP contribution in [-0.4, -0.2) is 17.4 Å². The van der Waals surface area contributed by atoms with Crippen molar-refractivity contribution in [3.63, 3.8) is 0 Å². The summed E-state index contributed by atoms with van der Waals surface area (Å²) in [6.45, 7) is 7.35. The molecule has 20 heavy (non-hydrogen) atoms. The minimum absolute atomic E-state index is 0.513. The Labute approximate surface area is 120 Å². The minimum atomic E-state index is -0.530. The lowest BCUT2D eigenvalue weighted by Crippen LogP contribution is -2.30. The van der Waals surface area contributed by atoms with Crippen LogP contribution < -0.4 is 5.43 Å². The van der Waals surface area contributed by atoms with Gasteiger partial charge in [-0.25, -0.2) is 10.2 Å². The first-order valence-corrected chi connectivity index (χ1v) is 7.00. The van der Waals surface area contributed by atoms with Crippen LogP contribution in [0.4, 0.5) is 4.79 Å². The van der Waals surface area contributed by atoms with E-state index >= 15 is 0 Å². The molecule has 0 heterocycles. The molecule has 1 aromatic carbocycles. The highest BCUT2D eigenvalue weighted by Crippen LogP contribution is 2.23. The third kappa shape index (κ3) is 3.83. The molecule has 108 valence electrons. The fourth-order valence-corrected chi connectivity index (χ4v) is 2.29. The van der Waals surface area contributed by atoms with E-state index in [4.69, 9.17) is 4.74 Å². The van der Waals surface area contributed by atoms with Crippen molar-refractivity contribution >= 4 is 11.8 Å². The fraction of sp³-hybridized carbons (Fsp3) is 0.500. The predicted octanol–water partition coefficient (Wildman–Crippen LogP) is 3.42. The van der Waals surface area contributed by atoms with Gasteiger partial charge in [-0.1, -0.05) is 12.1 Å². The van der Waals surface area contributed by atoms with E-state index in [-0.39, 0.29) is 0 Å². The molecule has 1 aliphatic rings. The molecule has 2 rings (SSSR count). The van der Waals surface area contributed by atoms with E-state index in [0.717, 1.165) is 17.7 Å². The zero-order valence-electron chi connectivity index (χ0n) is 12.6. The number of fused-ring (bicyclic) bond motifs is 1. The van der Waals surface area contributed by atoms with Crippen molar-refractivity contribution in [2.75, 3.05) is 0 Å². The number of ether oxygens (including phenoxy) is 1. The lowest BCUT2D eigenvalue weighted by Gasteiger charge is -2.18. The van der Waals surface area contributed by atoms with Gasteiger partial charge in [-0.2, -0.15) is 5.10 Å². The molecule has 0 fully saturated rings. The van der Waals surface area contributed by atoms with Crippen LogP contribution in [-0.2, 0) is 17.6 Å². The lowest BCUT2D eigenvalue weighted by atomic mass is 10.0. The molecule has 0 aliphatic heterocycles. The Hall–Kier alpha value is -1.84. The molecule has 1 aliphatic carbocycles. The summed E-state index contributed by atoms with van der Waals surface area (Å²) in [7, 11) is 0. The van der Waals surface area contributed by atoms with Crippen molar-refractivity contribution in [2.45, 2.75) is 52.6 Å². The third-order valence-corrected chi connectivity index (χ3v) is 3.23. The van der Waals surface area contributed by atoms with Gasteiger partial charge in [0.2, 0.25) is 0 Å². The van der Waals surface area contributed by atoms with E-state index in [2.05, 4.69) is 28.7 Å². The van der Waals surface area contributed by atoms with Gasteiger partial charge < -0.3 is 4.74 Å². The number of benzene rings is 1. The highest BCUT2D eigenvalue weighted by Gasteiger charge is 2.16. The van der Waals surface area contributed by atoms with E-state index in [1.54, 1.807) is 0 Å². The Kier molecular flexibility index (Phi) is 4.12. The van der Waals surface area contributed by atoms with Gasteiger partial charge in [-0.05, 0) is 69.7 Å². The van der Waals surface area contributed by atoms with E-state index < -0.39 is 11.7 Å². The molecule has 0 bridgehead atoms. The van der Waals surface area contributed by atoms with Gasteiger partial charge in [-0.15, -0.1) is 0 Å². The number of hydrogen-bond donors (Lipinski definition) is 1. The second-order valence-corrected chi connectivity index (χ2v) is 6.15. The molecule has 0 saturated carbocycles. The number of carbonyl (C=O) groups is 1. The molecule has 1 amide bonds. The quantitative estimate of drug-likeness (QED) is 0.663. The van der Waals surface area contributed by atoms with Crippen LogP contribution in [0.15, 0.2) is 23.3 Å². The predicted molar refractivity (Wildman–Crippen MR) is 80.0 cm³/mol. The molecule has 4 heteroatoms. The largest absolute Gasteiger partial charge is 0.443 e. The summed E-state index contributed by atoms with van der Waals surface area (Å²) in [6.07, 6.45) is 3.00. The summed E-state index contributed by atoms with van der Waals surface area (Å²) in [5, 5.41) is 4.10. The van der Waals surface area contributed by atoms with Crippen LogP contribution in [0.25, 0.3) is 0 Å². The molecule has 0 aromatic heterocycles. The Bertz CT molecular complexity index is 542. The number of amides is 1. The first kappa shape index (κ1) is 14.6. The zero-order chi connectivity index (χ0) is 14.8. The molecule has 0 atom stereocenters. The minimum Gasteiger partial charge on any atom is -0.443 e. The van der Waals surface area contributed by atoms with Crippen molar-refractivity contribution in [1.29, 1.82) is 0 Å². The van der Waals surface area contributed by atoms with Gasteiger partial charge in [0.15, 0.2) is 0 Å². The van der Waals surface area contributed by atoms with Crippen molar-refractivity contribution in [2.24, 2.45) is 5.10 Å². The summed E-state index contributed by atoms with van der Waals surface area (Å²) in [5.41, 5.74) is 6.57. The van der Waals surface area contributed by atoms with Gasteiger partial charge in [-0.3, -0.25) is 0 Å². The van der Waals surface area contributed by atoms with E-state index in [1.165, 1.54) is 24.0 Å². The molecule has 0 radical (unpaired) electrons. The number of rotatable bonds is 2. The maximum absolute atomic E-state index is 11.5. The van der Waals surface area contributed by atoms with Crippen molar-refractivity contribution in [1.82, 2.24) is 5.43 Å². The van der Waals surface area contributed by atoms with Gasteiger partial charge in [0.05, 0.1) is 5.71 Å². The molecular formula is C16H22N2O2. The van der Waals surface area contributed by atoms with Gasteiger partial charge in [0, 0.05) is 0 Å². The van der Waals surface area contributed by atoms with Gasteiger partial charge in [0.1, 0.15) is 5.60 Å². The van der Waals surface area contributed by atoms with Crippen molar-refractivity contribution in [3.8, 4) is 0 Å². The molecule has 0 saturated heterocycles. The number of nitrogens with zero attached hydrogens (tertiary/aromatic N) is 1. The number of hydrazone groups is 1. The fourth-order valence-electron chi connectivity index (χ4n) is 2.29. The second kappa shape index (κ2) is 5.65. The Morgan fingerprint density at radius 1 is 1.25 bits per heavy atom. The number of carbonyl (C=O) groups excluding carboxylic acids is 1. The highest BCUT2D eigenvalue weighted by molar-refractivity contribution is 5.99. The third-order valence-electron chi connectivity index (χ3n) is 3.23. The molecule has 1 N–H and O–H groups in total. The maximum Gasteiger partial charge on any atom is 0.428 e. The highest BCUT2D eigenvalue weighted by atomic mass is 16.6. The topological polar surface area (TPSA) is 50.7 Å². The van der Waals surface area contributed by atoms with Crippen molar-refractivity contribution < 1.29 is 9.53 Å². The molecule has 0 unspecified atom stereocenters. The Morgan fingerprint density at radius 3 is 2.65 bits per heavy atom. The van der Waals surface area contributed by atoms with Gasteiger partial charge in [0.25, 0.3) is 0 Å². The van der Waals surface area contributed by atoms with Gasteiger partial charge >= 0.3 is 6.09 Å². The van der Waals surface area contributed by atoms with Crippen LogP contribution in [0.1, 0.15) is 50.8 Å². The van der Waals surface area contributed by atoms with E-state index in [1.807, 2.05) is 27.7 Å². The summed E-state index contributed by atoms with van der Waals surface area (Å²) in [6, 6.07) is 6.38. The standard InChI is InChI=1S/C16H22N2O2/c1-11(17-18-15(19)20-16(2,3)4)13-9-8-12-6-5-7-14(12)10-13/h8-10H,5-7H2,1-4H3,(H,18,19)/b17-11-. The molecule has 0 spiro atoms. The van der Waals surface area contributed by atoms with Crippen LogP contribution in [0, 0.1) is 0 Å². The summed E-state index contributed by atoms with van der Waals surface area (Å²) in [4.78, 5) is 11.5. The summed E-state index contributed by atoms with van der Waals surface area (Å²) in [5.74, 6) is 0. The van der Waals surface area contributed by atoms with Crippen LogP contribution in [0.5, 0.6) is 0 Å². The average molecular weight is 274 g/mol. The smallest absolute Gasteiger partial charge is 0.428 e. The average Bonchev–Trinajstić information content (AvgIpc) is 2.80. The van der Waals surface area contributed by atoms with Crippen LogP contribution in [0.2, 0.25) is 0 Å². The van der Waals surface area contributed by atoms with Crippen molar-refractivity contribution in [3.05, 3.63) is 34.9 Å². The Balaban J connectivity index is 2.02. The summed E-state index contributed by atoms with van der Waals surface area (Å²) >= 11 is 0. The monoisotopic (exact) mass is 274 g/mol.